The van der Waals surface area contributed by atoms with Crippen LogP contribution in [0.1, 0.15) is 18.4 Å². The Kier molecular flexibility index (Phi) is 5.92. The van der Waals surface area contributed by atoms with Gasteiger partial charge in [-0.15, -0.1) is 0 Å². The van der Waals surface area contributed by atoms with Gasteiger partial charge in [0.2, 0.25) is 15.9 Å². The molecule has 0 spiro atoms. The molecule has 0 bridgehead atoms. The van der Waals surface area contributed by atoms with Crippen molar-refractivity contribution in [2.45, 2.75) is 24.2 Å². The van der Waals surface area contributed by atoms with Crippen molar-refractivity contribution < 1.29 is 13.2 Å². The number of aromatic nitrogens is 1. The summed E-state index contributed by atoms with van der Waals surface area (Å²) in [6, 6.07) is 17.1. The van der Waals surface area contributed by atoms with Gasteiger partial charge < -0.3 is 9.88 Å². The van der Waals surface area contributed by atoms with Gasteiger partial charge in [-0.05, 0) is 49.1 Å². The highest BCUT2D eigenvalue weighted by Gasteiger charge is 2.33. The summed E-state index contributed by atoms with van der Waals surface area (Å²) in [5, 5.41) is 3.87. The Morgan fingerprint density at radius 3 is 2.73 bits per heavy atom. The number of hydrogen-bond acceptors (Lipinski definition) is 3. The van der Waals surface area contributed by atoms with Gasteiger partial charge in [0.25, 0.3) is 0 Å². The van der Waals surface area contributed by atoms with Crippen LogP contribution in [0.2, 0.25) is 0 Å². The molecule has 1 aliphatic rings. The Morgan fingerprint density at radius 1 is 1.13 bits per heavy atom. The molecule has 1 aromatic heterocycles. The first-order chi connectivity index (χ1) is 14.4. The number of fused-ring (bicyclic) bond motifs is 1. The van der Waals surface area contributed by atoms with Gasteiger partial charge in [0.15, 0.2) is 0 Å². The van der Waals surface area contributed by atoms with Gasteiger partial charge in [-0.25, -0.2) is 8.42 Å². The lowest BCUT2D eigenvalue weighted by atomic mass is 9.99. The molecule has 2 heterocycles. The number of piperidine rings is 1. The minimum atomic E-state index is -3.63. The van der Waals surface area contributed by atoms with E-state index in [-0.39, 0.29) is 23.3 Å². The molecule has 30 heavy (non-hydrogen) atoms. The third-order valence-electron chi connectivity index (χ3n) is 5.81. The molecule has 1 unspecified atom stereocenters. The summed E-state index contributed by atoms with van der Waals surface area (Å²) < 4.78 is 29.8. The molecule has 1 saturated heterocycles. The number of nitrogens with one attached hydrogen (secondary N) is 1. The van der Waals surface area contributed by atoms with Gasteiger partial charge in [0, 0.05) is 43.8 Å². The first-order valence-corrected chi connectivity index (χ1v) is 11.8. The molecule has 1 atom stereocenters. The van der Waals surface area contributed by atoms with Crippen molar-refractivity contribution in [1.82, 2.24) is 14.2 Å². The third kappa shape index (κ3) is 4.27. The minimum Gasteiger partial charge on any atom is -0.355 e. The topological polar surface area (TPSA) is 71.4 Å². The van der Waals surface area contributed by atoms with E-state index in [9.17, 15) is 13.2 Å². The van der Waals surface area contributed by atoms with Crippen LogP contribution in [0.15, 0.2) is 65.7 Å². The smallest absolute Gasteiger partial charge is 0.243 e. The predicted octanol–water partition coefficient (Wildman–Crippen LogP) is 2.94. The molecule has 1 aliphatic heterocycles. The number of carbonyl (C=O) groups is 1. The highest BCUT2D eigenvalue weighted by molar-refractivity contribution is 7.89. The maximum absolute atomic E-state index is 13.2. The van der Waals surface area contributed by atoms with Crippen LogP contribution in [0.3, 0.4) is 0 Å². The second-order valence-electron chi connectivity index (χ2n) is 7.88. The average Bonchev–Trinajstić information content (AvgIpc) is 3.15. The molecule has 4 rings (SSSR count). The van der Waals surface area contributed by atoms with E-state index in [2.05, 4.69) is 5.32 Å². The lowest BCUT2D eigenvalue weighted by Crippen LogP contribution is -2.45. The summed E-state index contributed by atoms with van der Waals surface area (Å²) in [5.41, 5.74) is 2.16. The van der Waals surface area contributed by atoms with Crippen LogP contribution in [0.4, 0.5) is 0 Å². The minimum absolute atomic E-state index is 0.0654. The van der Waals surface area contributed by atoms with Crippen molar-refractivity contribution >= 4 is 26.8 Å². The third-order valence-corrected chi connectivity index (χ3v) is 7.67. The zero-order valence-corrected chi connectivity index (χ0v) is 17.9. The standard InChI is InChI=1S/C23H27N3O3S/c1-25-15-12-19-16-21(9-10-22(19)25)30(28,29)26-14-5-8-20(17-26)23(27)24-13-11-18-6-3-2-4-7-18/h2-4,6-7,9-10,12,15-16,20H,5,8,11,13-14,17H2,1H3,(H,24,27). The fraction of sp³-hybridized carbons (Fsp3) is 0.348. The first-order valence-electron chi connectivity index (χ1n) is 10.3. The van der Waals surface area contributed by atoms with Crippen LogP contribution in [0.5, 0.6) is 0 Å². The number of nitrogens with zero attached hydrogens (tertiary/aromatic N) is 2. The van der Waals surface area contributed by atoms with Crippen LogP contribution in [0, 0.1) is 5.92 Å². The molecule has 1 fully saturated rings. The summed E-state index contributed by atoms with van der Waals surface area (Å²) in [6.07, 6.45) is 4.07. The van der Waals surface area contributed by atoms with Gasteiger partial charge in [-0.2, -0.15) is 4.31 Å². The van der Waals surface area contributed by atoms with E-state index in [1.165, 1.54) is 9.87 Å². The summed E-state index contributed by atoms with van der Waals surface area (Å²) in [6.45, 7) is 1.23. The summed E-state index contributed by atoms with van der Waals surface area (Å²) in [4.78, 5) is 12.9. The van der Waals surface area contributed by atoms with E-state index in [4.69, 9.17) is 0 Å². The van der Waals surface area contributed by atoms with E-state index < -0.39 is 10.0 Å². The second kappa shape index (κ2) is 8.62. The van der Waals surface area contributed by atoms with E-state index >= 15 is 0 Å². The zero-order valence-electron chi connectivity index (χ0n) is 17.1. The van der Waals surface area contributed by atoms with Gasteiger partial charge in [0.1, 0.15) is 0 Å². The second-order valence-corrected chi connectivity index (χ2v) is 9.81. The van der Waals surface area contributed by atoms with Crippen molar-refractivity contribution in [3.05, 3.63) is 66.4 Å². The van der Waals surface area contributed by atoms with Crippen molar-refractivity contribution in [2.75, 3.05) is 19.6 Å². The van der Waals surface area contributed by atoms with Crippen molar-refractivity contribution in [2.24, 2.45) is 13.0 Å². The van der Waals surface area contributed by atoms with Crippen molar-refractivity contribution in [3.63, 3.8) is 0 Å². The molecule has 6 nitrogen and oxygen atoms in total. The summed E-state index contributed by atoms with van der Waals surface area (Å²) >= 11 is 0. The highest BCUT2D eigenvalue weighted by atomic mass is 32.2. The fourth-order valence-corrected chi connectivity index (χ4v) is 5.62. The highest BCUT2D eigenvalue weighted by Crippen LogP contribution is 2.26. The van der Waals surface area contributed by atoms with Gasteiger partial charge in [-0.1, -0.05) is 30.3 Å². The SMILES string of the molecule is Cn1ccc2cc(S(=O)(=O)N3CCCC(C(=O)NCCc4ccccc4)C3)ccc21. The quantitative estimate of drug-likeness (QED) is 0.660. The van der Waals surface area contributed by atoms with E-state index in [1.54, 1.807) is 12.1 Å². The lowest BCUT2D eigenvalue weighted by molar-refractivity contribution is -0.126. The van der Waals surface area contributed by atoms with Crippen LogP contribution >= 0.6 is 0 Å². The Hall–Kier alpha value is -2.64. The Morgan fingerprint density at radius 2 is 1.93 bits per heavy atom. The fourth-order valence-electron chi connectivity index (χ4n) is 4.06. The van der Waals surface area contributed by atoms with E-state index in [1.807, 2.05) is 60.3 Å². The molecular formula is C23H27N3O3S. The summed E-state index contributed by atoms with van der Waals surface area (Å²) in [7, 11) is -1.70. The number of rotatable bonds is 6. The number of sulfonamides is 1. The maximum atomic E-state index is 13.2. The Bertz CT molecular complexity index is 1140. The molecule has 0 radical (unpaired) electrons. The van der Waals surface area contributed by atoms with E-state index in [0.717, 1.165) is 17.3 Å². The summed E-state index contributed by atoms with van der Waals surface area (Å²) in [5.74, 6) is -0.380. The molecule has 7 heteroatoms. The Labute approximate surface area is 177 Å². The normalized spacial score (nSPS) is 17.8. The lowest BCUT2D eigenvalue weighted by Gasteiger charge is -2.31. The number of aryl methyl sites for hydroxylation is 1. The molecule has 2 aromatic carbocycles. The first kappa shape index (κ1) is 20.6. The number of benzene rings is 2. The van der Waals surface area contributed by atoms with Crippen LogP contribution in [0.25, 0.3) is 10.9 Å². The van der Waals surface area contributed by atoms with Gasteiger partial charge in [-0.3, -0.25) is 4.79 Å². The monoisotopic (exact) mass is 425 g/mol. The number of amides is 1. The number of carbonyl (C=O) groups excluding carboxylic acids is 1. The van der Waals surface area contributed by atoms with Gasteiger partial charge in [0.05, 0.1) is 10.8 Å². The van der Waals surface area contributed by atoms with Crippen LogP contribution in [-0.4, -0.2) is 42.8 Å². The van der Waals surface area contributed by atoms with E-state index in [0.29, 0.717) is 25.9 Å². The molecule has 1 amide bonds. The average molecular weight is 426 g/mol. The van der Waals surface area contributed by atoms with Gasteiger partial charge >= 0.3 is 0 Å². The largest absolute Gasteiger partial charge is 0.355 e. The van der Waals surface area contributed by atoms with Crippen LogP contribution < -0.4 is 5.32 Å². The van der Waals surface area contributed by atoms with Crippen molar-refractivity contribution in [1.29, 1.82) is 0 Å². The molecule has 3 aromatic rings. The molecule has 1 N–H and O–H groups in total. The predicted molar refractivity (Wildman–Crippen MR) is 118 cm³/mol. The zero-order chi connectivity index (χ0) is 21.1. The molecule has 158 valence electrons. The Balaban J connectivity index is 1.41. The van der Waals surface area contributed by atoms with Crippen molar-refractivity contribution in [3.8, 4) is 0 Å². The van der Waals surface area contributed by atoms with Crippen LogP contribution in [-0.2, 0) is 28.3 Å². The maximum Gasteiger partial charge on any atom is 0.243 e. The number of hydrogen-bond donors (Lipinski definition) is 1. The molecule has 0 aliphatic carbocycles. The molecule has 0 saturated carbocycles. The molecular weight excluding hydrogens is 398 g/mol.